The van der Waals surface area contributed by atoms with Crippen LogP contribution in [0.15, 0.2) is 24.3 Å². The van der Waals surface area contributed by atoms with Crippen molar-refractivity contribution in [3.05, 3.63) is 29.8 Å². The third kappa shape index (κ3) is 4.03. The third-order valence-electron chi connectivity index (χ3n) is 5.22. The number of hydrogen-bond acceptors (Lipinski definition) is 3. The lowest BCUT2D eigenvalue weighted by Gasteiger charge is -2.34. The van der Waals surface area contributed by atoms with Crippen LogP contribution in [0.2, 0.25) is 0 Å². The fourth-order valence-electron chi connectivity index (χ4n) is 3.80. The minimum Gasteiger partial charge on any atom is -0.377 e. The van der Waals surface area contributed by atoms with Crippen molar-refractivity contribution in [3.63, 3.8) is 0 Å². The number of amides is 2. The topological polar surface area (TPSA) is 49.9 Å². The van der Waals surface area contributed by atoms with E-state index < -0.39 is 0 Å². The fraction of sp³-hybridized carbons (Fsp3) is 0.600. The fourth-order valence-corrected chi connectivity index (χ4v) is 3.80. The van der Waals surface area contributed by atoms with Crippen LogP contribution in [0.25, 0.3) is 0 Å². The summed E-state index contributed by atoms with van der Waals surface area (Å²) >= 11 is 0. The van der Waals surface area contributed by atoms with Gasteiger partial charge in [0.25, 0.3) is 0 Å². The standard InChI is InChI=1S/C20H28N2O3/c1-3-15-7-9-17(10-8-15)22-13-16(12-19(22)23)20(24)21-11-5-6-18(14-21)25-4-2/h7-10,16,18H,3-6,11-14H2,1-2H3/t16-,18-/m1/s1. The summed E-state index contributed by atoms with van der Waals surface area (Å²) in [7, 11) is 0. The third-order valence-corrected chi connectivity index (χ3v) is 5.22. The molecule has 2 aliphatic heterocycles. The lowest BCUT2D eigenvalue weighted by molar-refractivity contribution is -0.139. The van der Waals surface area contributed by atoms with Crippen LogP contribution in [0.1, 0.15) is 38.7 Å². The van der Waals surface area contributed by atoms with Crippen molar-refractivity contribution in [2.45, 2.75) is 45.6 Å². The second-order valence-electron chi connectivity index (χ2n) is 6.93. The van der Waals surface area contributed by atoms with E-state index in [1.54, 1.807) is 4.90 Å². The molecular weight excluding hydrogens is 316 g/mol. The van der Waals surface area contributed by atoms with Gasteiger partial charge >= 0.3 is 0 Å². The molecule has 5 heteroatoms. The zero-order valence-electron chi connectivity index (χ0n) is 15.2. The molecule has 2 amide bonds. The number of ether oxygens (including phenoxy) is 1. The number of piperidine rings is 1. The van der Waals surface area contributed by atoms with Crippen LogP contribution in [0, 0.1) is 5.92 Å². The minimum atomic E-state index is -0.237. The van der Waals surface area contributed by atoms with Gasteiger partial charge in [0, 0.05) is 38.3 Å². The second kappa shape index (κ2) is 8.00. The van der Waals surface area contributed by atoms with Crippen LogP contribution in [-0.2, 0) is 20.7 Å². The Morgan fingerprint density at radius 3 is 2.64 bits per heavy atom. The number of likely N-dealkylation sites (tertiary alicyclic amines) is 1. The van der Waals surface area contributed by atoms with E-state index in [2.05, 4.69) is 19.1 Å². The summed E-state index contributed by atoms with van der Waals surface area (Å²) in [5.41, 5.74) is 2.14. The maximum atomic E-state index is 12.9. The van der Waals surface area contributed by atoms with Gasteiger partial charge in [-0.2, -0.15) is 0 Å². The summed E-state index contributed by atoms with van der Waals surface area (Å²) < 4.78 is 5.69. The normalized spacial score (nSPS) is 24.0. The van der Waals surface area contributed by atoms with Gasteiger partial charge in [0.2, 0.25) is 11.8 Å². The Hall–Kier alpha value is -1.88. The van der Waals surface area contributed by atoms with Crippen molar-refractivity contribution in [3.8, 4) is 0 Å². The Balaban J connectivity index is 1.64. The number of nitrogens with zero attached hydrogens (tertiary/aromatic N) is 2. The highest BCUT2D eigenvalue weighted by molar-refractivity contribution is 6.00. The van der Waals surface area contributed by atoms with Crippen LogP contribution < -0.4 is 4.90 Å². The summed E-state index contributed by atoms with van der Waals surface area (Å²) in [6, 6.07) is 8.06. The molecule has 0 unspecified atom stereocenters. The highest BCUT2D eigenvalue weighted by Gasteiger charge is 2.38. The molecule has 0 bridgehead atoms. The zero-order chi connectivity index (χ0) is 17.8. The Morgan fingerprint density at radius 2 is 1.96 bits per heavy atom. The number of anilines is 1. The van der Waals surface area contributed by atoms with Gasteiger partial charge in [-0.3, -0.25) is 9.59 Å². The van der Waals surface area contributed by atoms with Crippen LogP contribution in [0.5, 0.6) is 0 Å². The number of carbonyl (C=O) groups excluding carboxylic acids is 2. The summed E-state index contributed by atoms with van der Waals surface area (Å²) in [4.78, 5) is 28.9. The Bertz CT molecular complexity index is 612. The molecule has 25 heavy (non-hydrogen) atoms. The van der Waals surface area contributed by atoms with Gasteiger partial charge in [-0.05, 0) is 43.9 Å². The molecule has 0 saturated carbocycles. The quantitative estimate of drug-likeness (QED) is 0.825. The monoisotopic (exact) mass is 344 g/mol. The van der Waals surface area contributed by atoms with Gasteiger partial charge in [-0.15, -0.1) is 0 Å². The van der Waals surface area contributed by atoms with Crippen molar-refractivity contribution in [2.75, 3.05) is 31.1 Å². The molecule has 0 aliphatic carbocycles. The van der Waals surface area contributed by atoms with Crippen molar-refractivity contribution in [1.82, 2.24) is 4.90 Å². The highest BCUT2D eigenvalue weighted by Crippen LogP contribution is 2.27. The van der Waals surface area contributed by atoms with Gasteiger partial charge in [-0.25, -0.2) is 0 Å². The smallest absolute Gasteiger partial charge is 0.228 e. The first kappa shape index (κ1) is 17.9. The molecule has 1 aromatic carbocycles. The lowest BCUT2D eigenvalue weighted by Crippen LogP contribution is -2.46. The molecule has 0 aromatic heterocycles. The lowest BCUT2D eigenvalue weighted by atomic mass is 10.0. The number of rotatable bonds is 5. The first-order valence-corrected chi connectivity index (χ1v) is 9.42. The summed E-state index contributed by atoms with van der Waals surface area (Å²) in [5.74, 6) is -0.0925. The molecule has 2 atom stereocenters. The van der Waals surface area contributed by atoms with Crippen LogP contribution in [0.3, 0.4) is 0 Å². The van der Waals surface area contributed by atoms with E-state index in [-0.39, 0.29) is 23.8 Å². The molecule has 0 N–H and O–H groups in total. The molecule has 2 saturated heterocycles. The zero-order valence-corrected chi connectivity index (χ0v) is 15.2. The summed E-state index contributed by atoms with van der Waals surface area (Å²) in [5, 5.41) is 0. The number of benzene rings is 1. The SMILES string of the molecule is CCO[C@@H]1CCCN(C(=O)[C@@H]2CC(=O)N(c3ccc(CC)cc3)C2)C1. The molecule has 2 aliphatic rings. The maximum Gasteiger partial charge on any atom is 0.228 e. The Labute approximate surface area is 149 Å². The van der Waals surface area contributed by atoms with Crippen molar-refractivity contribution in [1.29, 1.82) is 0 Å². The van der Waals surface area contributed by atoms with E-state index in [1.165, 1.54) is 5.56 Å². The van der Waals surface area contributed by atoms with E-state index >= 15 is 0 Å². The molecule has 2 heterocycles. The highest BCUT2D eigenvalue weighted by atomic mass is 16.5. The summed E-state index contributed by atoms with van der Waals surface area (Å²) in [6.45, 7) is 6.69. The molecule has 0 spiro atoms. The molecule has 5 nitrogen and oxygen atoms in total. The van der Waals surface area contributed by atoms with Gasteiger partial charge in [-0.1, -0.05) is 19.1 Å². The van der Waals surface area contributed by atoms with E-state index in [1.807, 2.05) is 24.0 Å². The Kier molecular flexibility index (Phi) is 5.74. The van der Waals surface area contributed by atoms with Crippen LogP contribution in [-0.4, -0.2) is 49.1 Å². The van der Waals surface area contributed by atoms with Crippen molar-refractivity contribution >= 4 is 17.5 Å². The second-order valence-corrected chi connectivity index (χ2v) is 6.93. The first-order chi connectivity index (χ1) is 12.1. The van der Waals surface area contributed by atoms with E-state index in [0.717, 1.165) is 31.5 Å². The predicted molar refractivity (Wildman–Crippen MR) is 97.5 cm³/mol. The van der Waals surface area contributed by atoms with Gasteiger partial charge in [0.05, 0.1) is 12.0 Å². The van der Waals surface area contributed by atoms with Gasteiger partial charge < -0.3 is 14.5 Å². The van der Waals surface area contributed by atoms with Gasteiger partial charge in [0.1, 0.15) is 0 Å². The van der Waals surface area contributed by atoms with Crippen molar-refractivity contribution < 1.29 is 14.3 Å². The van der Waals surface area contributed by atoms with E-state index in [4.69, 9.17) is 4.74 Å². The summed E-state index contributed by atoms with van der Waals surface area (Å²) in [6.07, 6.45) is 3.41. The van der Waals surface area contributed by atoms with E-state index in [0.29, 0.717) is 26.1 Å². The molecule has 136 valence electrons. The van der Waals surface area contributed by atoms with E-state index in [9.17, 15) is 9.59 Å². The maximum absolute atomic E-state index is 12.9. The van der Waals surface area contributed by atoms with Crippen molar-refractivity contribution in [2.24, 2.45) is 5.92 Å². The molecule has 1 aromatic rings. The average molecular weight is 344 g/mol. The predicted octanol–water partition coefficient (Wildman–Crippen LogP) is 2.63. The minimum absolute atomic E-state index is 0.0426. The van der Waals surface area contributed by atoms with Crippen LogP contribution >= 0.6 is 0 Å². The average Bonchev–Trinajstić information content (AvgIpc) is 3.03. The Morgan fingerprint density at radius 1 is 1.20 bits per heavy atom. The molecule has 3 rings (SSSR count). The molecule has 0 radical (unpaired) electrons. The number of hydrogen-bond donors (Lipinski definition) is 0. The molecule has 2 fully saturated rings. The van der Waals surface area contributed by atoms with Gasteiger partial charge in [0.15, 0.2) is 0 Å². The molecular formula is C20H28N2O3. The first-order valence-electron chi connectivity index (χ1n) is 9.42. The largest absolute Gasteiger partial charge is 0.377 e. The number of aryl methyl sites for hydroxylation is 1. The number of carbonyl (C=O) groups is 2. The van der Waals surface area contributed by atoms with Crippen LogP contribution in [0.4, 0.5) is 5.69 Å².